The highest BCUT2D eigenvalue weighted by molar-refractivity contribution is 6.30. The van der Waals surface area contributed by atoms with E-state index in [1.807, 2.05) is 24.3 Å². The van der Waals surface area contributed by atoms with Crippen molar-refractivity contribution in [3.8, 4) is 0 Å². The highest BCUT2D eigenvalue weighted by atomic mass is 35.5. The van der Waals surface area contributed by atoms with Gasteiger partial charge >= 0.3 is 0 Å². The summed E-state index contributed by atoms with van der Waals surface area (Å²) in [5.74, 6) is 0.535. The van der Waals surface area contributed by atoms with E-state index in [2.05, 4.69) is 4.98 Å². The molecule has 2 aromatic carbocycles. The van der Waals surface area contributed by atoms with E-state index in [-0.39, 0.29) is 0 Å². The van der Waals surface area contributed by atoms with Gasteiger partial charge in [-0.3, -0.25) is 0 Å². The molecule has 0 bridgehead atoms. The average molecular weight is 289 g/mol. The molecule has 0 saturated heterocycles. The van der Waals surface area contributed by atoms with Crippen LogP contribution >= 0.6 is 11.6 Å². The predicted molar refractivity (Wildman–Crippen MR) is 78.4 cm³/mol. The molecule has 0 radical (unpaired) electrons. The summed E-state index contributed by atoms with van der Waals surface area (Å²) in [5.41, 5.74) is 8.82. The molecular weight excluding hydrogens is 276 g/mol. The number of hydrogen-bond acceptors (Lipinski definition) is 4. The molecule has 0 aliphatic carbocycles. The topological polar surface area (TPSA) is 61.3 Å². The number of nitrogen functional groups attached to an aromatic ring is 1. The molecule has 4 nitrogen and oxygen atoms in total. The number of halogens is 1. The molecule has 0 atom stereocenters. The highest BCUT2D eigenvalue weighted by Gasteiger charge is 2.06. The second-order valence-electron chi connectivity index (χ2n) is 4.46. The van der Waals surface area contributed by atoms with E-state index in [0.717, 1.165) is 11.1 Å². The molecule has 0 fully saturated rings. The highest BCUT2D eigenvalue weighted by Crippen LogP contribution is 2.19. The van der Waals surface area contributed by atoms with Gasteiger partial charge in [-0.05, 0) is 35.9 Å². The van der Waals surface area contributed by atoms with Crippen molar-refractivity contribution in [1.82, 2.24) is 4.98 Å². The first-order chi connectivity index (χ1) is 9.70. The van der Waals surface area contributed by atoms with Crippen LogP contribution in [0.5, 0.6) is 0 Å². The summed E-state index contributed by atoms with van der Waals surface area (Å²) >= 11 is 5.91. The van der Waals surface area contributed by atoms with Crippen molar-refractivity contribution in [2.45, 2.75) is 13.2 Å². The standard InChI is InChI=1S/C15H13ClN2O2/c16-11-3-1-2-10(6-11)8-19-9-15-18-13-7-12(17)4-5-14(13)20-15/h1-7H,8-9,17H2. The largest absolute Gasteiger partial charge is 0.438 e. The minimum absolute atomic E-state index is 0.307. The first-order valence-corrected chi connectivity index (χ1v) is 6.55. The number of anilines is 1. The van der Waals surface area contributed by atoms with Gasteiger partial charge in [-0.1, -0.05) is 23.7 Å². The van der Waals surface area contributed by atoms with Crippen molar-refractivity contribution in [2.75, 3.05) is 5.73 Å². The van der Waals surface area contributed by atoms with Crippen LogP contribution in [0.2, 0.25) is 5.02 Å². The van der Waals surface area contributed by atoms with Gasteiger partial charge in [0.05, 0.1) is 6.61 Å². The SMILES string of the molecule is Nc1ccc2oc(COCc3cccc(Cl)c3)nc2c1. The molecule has 2 N–H and O–H groups in total. The Kier molecular flexibility index (Phi) is 3.58. The number of hydrogen-bond donors (Lipinski definition) is 1. The van der Waals surface area contributed by atoms with Gasteiger partial charge in [-0.25, -0.2) is 4.98 Å². The number of aromatic nitrogens is 1. The Labute approximate surface area is 121 Å². The third kappa shape index (κ3) is 2.92. The number of nitrogens with two attached hydrogens (primary N) is 1. The van der Waals surface area contributed by atoms with Gasteiger partial charge in [0.15, 0.2) is 5.58 Å². The van der Waals surface area contributed by atoms with Crippen LogP contribution in [0, 0.1) is 0 Å². The average Bonchev–Trinajstić information content (AvgIpc) is 2.80. The van der Waals surface area contributed by atoms with Crippen molar-refractivity contribution in [3.63, 3.8) is 0 Å². The van der Waals surface area contributed by atoms with Crippen molar-refractivity contribution in [3.05, 3.63) is 58.9 Å². The smallest absolute Gasteiger partial charge is 0.221 e. The van der Waals surface area contributed by atoms with E-state index in [1.54, 1.807) is 18.2 Å². The van der Waals surface area contributed by atoms with E-state index < -0.39 is 0 Å². The molecule has 1 heterocycles. The van der Waals surface area contributed by atoms with Gasteiger partial charge in [0.1, 0.15) is 12.1 Å². The van der Waals surface area contributed by atoms with Gasteiger partial charge in [0.2, 0.25) is 5.89 Å². The molecule has 0 aliphatic heterocycles. The summed E-state index contributed by atoms with van der Waals surface area (Å²) in [7, 11) is 0. The Balaban J connectivity index is 1.65. The van der Waals surface area contributed by atoms with E-state index in [9.17, 15) is 0 Å². The summed E-state index contributed by atoms with van der Waals surface area (Å²) < 4.78 is 11.1. The van der Waals surface area contributed by atoms with Gasteiger partial charge in [-0.2, -0.15) is 0 Å². The zero-order valence-electron chi connectivity index (χ0n) is 10.7. The molecule has 0 saturated carbocycles. The lowest BCUT2D eigenvalue weighted by Crippen LogP contribution is -1.94. The molecule has 1 aromatic heterocycles. The lowest BCUT2D eigenvalue weighted by atomic mass is 10.2. The minimum atomic E-state index is 0.307. The molecular formula is C15H13ClN2O2. The van der Waals surface area contributed by atoms with E-state index in [1.165, 1.54) is 0 Å². The maximum atomic E-state index is 5.91. The summed E-state index contributed by atoms with van der Waals surface area (Å²) in [4.78, 5) is 4.32. The predicted octanol–water partition coefficient (Wildman–Crippen LogP) is 3.78. The molecule has 0 spiro atoms. The third-order valence-electron chi connectivity index (χ3n) is 2.84. The van der Waals surface area contributed by atoms with Crippen molar-refractivity contribution in [1.29, 1.82) is 0 Å². The summed E-state index contributed by atoms with van der Waals surface area (Å²) in [6.07, 6.45) is 0. The number of nitrogens with zero attached hydrogens (tertiary/aromatic N) is 1. The fraction of sp³-hybridized carbons (Fsp3) is 0.133. The monoisotopic (exact) mass is 288 g/mol. The van der Waals surface area contributed by atoms with Gasteiger partial charge in [-0.15, -0.1) is 0 Å². The molecule has 102 valence electrons. The third-order valence-corrected chi connectivity index (χ3v) is 3.07. The lowest BCUT2D eigenvalue weighted by molar-refractivity contribution is 0.0907. The molecule has 3 aromatic rings. The molecule has 3 rings (SSSR count). The zero-order chi connectivity index (χ0) is 13.9. The summed E-state index contributed by atoms with van der Waals surface area (Å²) in [5, 5.41) is 0.698. The second-order valence-corrected chi connectivity index (χ2v) is 4.89. The molecule has 20 heavy (non-hydrogen) atoms. The minimum Gasteiger partial charge on any atom is -0.438 e. The van der Waals surface area contributed by atoms with Crippen molar-refractivity contribution < 1.29 is 9.15 Å². The van der Waals surface area contributed by atoms with Crippen LogP contribution in [0.15, 0.2) is 46.9 Å². The van der Waals surface area contributed by atoms with Gasteiger partial charge in [0, 0.05) is 10.7 Å². The summed E-state index contributed by atoms with van der Waals surface area (Å²) in [6.45, 7) is 0.766. The van der Waals surface area contributed by atoms with E-state index >= 15 is 0 Å². The Hall–Kier alpha value is -2.04. The number of rotatable bonds is 4. The van der Waals surface area contributed by atoms with Crippen LogP contribution in [0.4, 0.5) is 5.69 Å². The van der Waals surface area contributed by atoms with Gasteiger partial charge in [0.25, 0.3) is 0 Å². The van der Waals surface area contributed by atoms with Crippen LogP contribution in [0.25, 0.3) is 11.1 Å². The number of ether oxygens (including phenoxy) is 1. The van der Waals surface area contributed by atoms with Crippen molar-refractivity contribution in [2.24, 2.45) is 0 Å². The Morgan fingerprint density at radius 2 is 2.05 bits per heavy atom. The lowest BCUT2D eigenvalue weighted by Gasteiger charge is -2.02. The number of fused-ring (bicyclic) bond motifs is 1. The molecule has 0 unspecified atom stereocenters. The molecule has 5 heteroatoms. The van der Waals surface area contributed by atoms with Crippen LogP contribution in [0.1, 0.15) is 11.5 Å². The fourth-order valence-electron chi connectivity index (χ4n) is 1.94. The molecule has 0 amide bonds. The fourth-order valence-corrected chi connectivity index (χ4v) is 2.15. The van der Waals surface area contributed by atoms with Crippen LogP contribution < -0.4 is 5.73 Å². The quantitative estimate of drug-likeness (QED) is 0.742. The normalized spacial score (nSPS) is 11.1. The van der Waals surface area contributed by atoms with Crippen LogP contribution in [-0.2, 0) is 18.0 Å². The van der Waals surface area contributed by atoms with Crippen LogP contribution in [0.3, 0.4) is 0 Å². The van der Waals surface area contributed by atoms with Gasteiger partial charge < -0.3 is 14.9 Å². The maximum absolute atomic E-state index is 5.91. The Morgan fingerprint density at radius 3 is 2.90 bits per heavy atom. The maximum Gasteiger partial charge on any atom is 0.221 e. The Morgan fingerprint density at radius 1 is 1.15 bits per heavy atom. The van der Waals surface area contributed by atoms with E-state index in [0.29, 0.717) is 35.4 Å². The Bertz CT molecular complexity index is 740. The van der Waals surface area contributed by atoms with E-state index in [4.69, 9.17) is 26.5 Å². The number of benzene rings is 2. The zero-order valence-corrected chi connectivity index (χ0v) is 11.4. The van der Waals surface area contributed by atoms with Crippen LogP contribution in [-0.4, -0.2) is 4.98 Å². The summed E-state index contributed by atoms with van der Waals surface area (Å²) in [6, 6.07) is 12.9. The first-order valence-electron chi connectivity index (χ1n) is 6.18. The molecule has 0 aliphatic rings. The first kappa shape index (κ1) is 13.0. The van der Waals surface area contributed by atoms with Crippen molar-refractivity contribution >= 4 is 28.4 Å². The second kappa shape index (κ2) is 5.53. The number of oxazole rings is 1.